The molecule has 0 amide bonds. The summed E-state index contributed by atoms with van der Waals surface area (Å²) < 4.78 is 2.39. The highest BCUT2D eigenvalue weighted by molar-refractivity contribution is 5.72. The van der Waals surface area contributed by atoms with Gasteiger partial charge in [0.15, 0.2) is 11.2 Å². The zero-order valence-electron chi connectivity index (χ0n) is 12.1. The number of hydrogen-bond donors (Lipinski definition) is 3. The third-order valence-electron chi connectivity index (χ3n) is 3.20. The maximum absolute atomic E-state index is 12.0. The summed E-state index contributed by atoms with van der Waals surface area (Å²) in [5, 5.41) is 3.15. The molecule has 0 aliphatic heterocycles. The highest BCUT2D eigenvalue weighted by Gasteiger charge is 2.14. The summed E-state index contributed by atoms with van der Waals surface area (Å²) in [5.74, 6) is 0.464. The third-order valence-corrected chi connectivity index (χ3v) is 3.20. The van der Waals surface area contributed by atoms with E-state index in [0.717, 1.165) is 11.0 Å². The third kappa shape index (κ3) is 2.46. The fraction of sp³-hybridized carbons (Fsp3) is 0.583. The molecule has 2 aromatic rings. The number of aryl methyl sites for hydroxylation is 1. The number of aromatic amines is 1. The molecule has 2 heterocycles. The zero-order chi connectivity index (χ0) is 15.0. The van der Waals surface area contributed by atoms with Crippen LogP contribution >= 0.6 is 0 Å². The lowest BCUT2D eigenvalue weighted by atomic mass is 10.1. The zero-order valence-corrected chi connectivity index (χ0v) is 12.1. The molecule has 0 radical (unpaired) electrons. The van der Waals surface area contributed by atoms with Gasteiger partial charge in [0.2, 0.25) is 5.95 Å². The monoisotopic (exact) mass is 280 g/mol. The molecule has 0 aliphatic carbocycles. The van der Waals surface area contributed by atoms with Gasteiger partial charge in [0.05, 0.1) is 0 Å². The quantitative estimate of drug-likeness (QED) is 0.699. The molecule has 8 heteroatoms. The van der Waals surface area contributed by atoms with Crippen molar-refractivity contribution in [3.8, 4) is 0 Å². The maximum Gasteiger partial charge on any atom is 0.332 e. The summed E-state index contributed by atoms with van der Waals surface area (Å²) in [6, 6.07) is 0.176. The van der Waals surface area contributed by atoms with Crippen molar-refractivity contribution >= 4 is 17.1 Å². The van der Waals surface area contributed by atoms with Crippen LogP contribution in [0.1, 0.15) is 20.3 Å². The van der Waals surface area contributed by atoms with Crippen LogP contribution in [0.3, 0.4) is 0 Å². The van der Waals surface area contributed by atoms with Crippen molar-refractivity contribution in [3.05, 3.63) is 20.8 Å². The van der Waals surface area contributed by atoms with E-state index in [1.165, 1.54) is 11.6 Å². The molecule has 20 heavy (non-hydrogen) atoms. The second-order valence-electron chi connectivity index (χ2n) is 5.25. The van der Waals surface area contributed by atoms with E-state index in [4.69, 9.17) is 5.73 Å². The predicted molar refractivity (Wildman–Crippen MR) is 77.9 cm³/mol. The summed E-state index contributed by atoms with van der Waals surface area (Å²) in [4.78, 5) is 31.0. The van der Waals surface area contributed by atoms with Crippen LogP contribution in [0.15, 0.2) is 9.59 Å². The Bertz CT molecular complexity index is 739. The molecule has 0 fully saturated rings. The minimum atomic E-state index is -0.399. The molecule has 110 valence electrons. The highest BCUT2D eigenvalue weighted by atomic mass is 16.2. The van der Waals surface area contributed by atoms with Gasteiger partial charge >= 0.3 is 5.69 Å². The minimum Gasteiger partial charge on any atom is -0.353 e. The van der Waals surface area contributed by atoms with Gasteiger partial charge in [-0.25, -0.2) is 4.79 Å². The number of rotatable bonds is 4. The lowest BCUT2D eigenvalue weighted by Crippen LogP contribution is -2.36. The number of nitrogens with one attached hydrogen (secondary N) is 2. The normalized spacial score (nSPS) is 14.4. The van der Waals surface area contributed by atoms with Crippen LogP contribution in [0.5, 0.6) is 0 Å². The number of imidazole rings is 1. The average molecular weight is 280 g/mol. The van der Waals surface area contributed by atoms with Crippen LogP contribution in [-0.2, 0) is 14.1 Å². The number of fused-ring (bicyclic) bond motifs is 1. The van der Waals surface area contributed by atoms with Crippen molar-refractivity contribution in [1.82, 2.24) is 19.1 Å². The fourth-order valence-corrected chi connectivity index (χ4v) is 2.24. The van der Waals surface area contributed by atoms with Gasteiger partial charge in [0.1, 0.15) is 0 Å². The molecule has 2 unspecified atom stereocenters. The van der Waals surface area contributed by atoms with Crippen molar-refractivity contribution in [1.29, 1.82) is 0 Å². The second-order valence-corrected chi connectivity index (χ2v) is 5.25. The van der Waals surface area contributed by atoms with E-state index in [1.54, 1.807) is 7.05 Å². The first kappa shape index (κ1) is 14.3. The first-order valence-corrected chi connectivity index (χ1v) is 6.49. The smallest absolute Gasteiger partial charge is 0.332 e. The van der Waals surface area contributed by atoms with Gasteiger partial charge in [-0.15, -0.1) is 0 Å². The number of nitrogens with zero attached hydrogens (tertiary/aromatic N) is 3. The molecule has 2 atom stereocenters. The summed E-state index contributed by atoms with van der Waals surface area (Å²) in [7, 11) is 3.02. The standard InChI is InChI=1S/C12H20N6O2/c1-6(13)5-7(2)14-11-15-8-9(16-11)17(3)12(20)18(4)10(8)19/h6-7H,5,13H2,1-4H3,(H2,14,15,16). The molecule has 0 bridgehead atoms. The average Bonchev–Trinajstić information content (AvgIpc) is 2.76. The van der Waals surface area contributed by atoms with Crippen LogP contribution < -0.4 is 22.3 Å². The van der Waals surface area contributed by atoms with Crippen molar-refractivity contribution in [2.24, 2.45) is 19.8 Å². The van der Waals surface area contributed by atoms with Gasteiger partial charge in [-0.05, 0) is 20.3 Å². The Kier molecular flexibility index (Phi) is 3.67. The van der Waals surface area contributed by atoms with Crippen LogP contribution in [-0.4, -0.2) is 31.2 Å². The van der Waals surface area contributed by atoms with Crippen molar-refractivity contribution in [3.63, 3.8) is 0 Å². The lowest BCUT2D eigenvalue weighted by molar-refractivity contribution is 0.602. The molecule has 4 N–H and O–H groups in total. The topological polar surface area (TPSA) is 111 Å². The van der Waals surface area contributed by atoms with Gasteiger partial charge in [0, 0.05) is 26.2 Å². The lowest BCUT2D eigenvalue weighted by Gasteiger charge is -2.14. The first-order valence-electron chi connectivity index (χ1n) is 6.49. The minimum absolute atomic E-state index is 0.0686. The molecule has 2 aromatic heterocycles. The van der Waals surface area contributed by atoms with Crippen molar-refractivity contribution in [2.45, 2.75) is 32.4 Å². The van der Waals surface area contributed by atoms with E-state index >= 15 is 0 Å². The maximum atomic E-state index is 12.0. The number of aromatic nitrogens is 4. The van der Waals surface area contributed by atoms with E-state index in [0.29, 0.717) is 17.1 Å². The fourth-order valence-electron chi connectivity index (χ4n) is 2.24. The van der Waals surface area contributed by atoms with E-state index in [-0.39, 0.29) is 17.6 Å². The van der Waals surface area contributed by atoms with Gasteiger partial charge in [-0.2, -0.15) is 4.98 Å². The van der Waals surface area contributed by atoms with Crippen LogP contribution in [0.25, 0.3) is 11.2 Å². The summed E-state index contributed by atoms with van der Waals surface area (Å²) in [6.07, 6.45) is 0.772. The Labute approximate surface area is 115 Å². The Morgan fingerprint density at radius 1 is 1.30 bits per heavy atom. The Hall–Kier alpha value is -2.09. The molecule has 2 rings (SSSR count). The number of anilines is 1. The SMILES string of the molecule is CC(N)CC(C)Nc1nc2c([nH]1)c(=O)n(C)c(=O)n2C. The van der Waals surface area contributed by atoms with E-state index < -0.39 is 5.69 Å². The number of H-pyrrole nitrogens is 1. The van der Waals surface area contributed by atoms with Crippen LogP contribution in [0.4, 0.5) is 5.95 Å². The van der Waals surface area contributed by atoms with Crippen molar-refractivity contribution in [2.75, 3.05) is 5.32 Å². The highest BCUT2D eigenvalue weighted by Crippen LogP contribution is 2.10. The van der Waals surface area contributed by atoms with Gasteiger partial charge in [-0.1, -0.05) is 0 Å². The Balaban J connectivity index is 2.45. The molecule has 0 saturated heterocycles. The van der Waals surface area contributed by atoms with E-state index in [1.807, 2.05) is 13.8 Å². The Morgan fingerprint density at radius 2 is 1.95 bits per heavy atom. The van der Waals surface area contributed by atoms with Crippen LogP contribution in [0.2, 0.25) is 0 Å². The largest absolute Gasteiger partial charge is 0.353 e. The molecule has 0 spiro atoms. The van der Waals surface area contributed by atoms with E-state index in [9.17, 15) is 9.59 Å². The van der Waals surface area contributed by atoms with Gasteiger partial charge in [-0.3, -0.25) is 13.9 Å². The number of hydrogen-bond acceptors (Lipinski definition) is 5. The summed E-state index contributed by atoms with van der Waals surface area (Å²) in [5.41, 5.74) is 5.61. The first-order chi connectivity index (χ1) is 9.31. The second kappa shape index (κ2) is 5.12. The van der Waals surface area contributed by atoms with Crippen LogP contribution in [0, 0.1) is 0 Å². The molecule has 0 saturated carbocycles. The molecule has 0 aromatic carbocycles. The molecular weight excluding hydrogens is 260 g/mol. The van der Waals surface area contributed by atoms with Gasteiger partial charge in [0.25, 0.3) is 5.56 Å². The van der Waals surface area contributed by atoms with Crippen molar-refractivity contribution < 1.29 is 0 Å². The summed E-state index contributed by atoms with van der Waals surface area (Å²) in [6.45, 7) is 3.91. The number of nitrogens with two attached hydrogens (primary N) is 1. The summed E-state index contributed by atoms with van der Waals surface area (Å²) >= 11 is 0. The molecular formula is C12H20N6O2. The Morgan fingerprint density at radius 3 is 2.55 bits per heavy atom. The predicted octanol–water partition coefficient (Wildman–Crippen LogP) is -0.502. The molecule has 0 aliphatic rings. The molecule has 8 nitrogen and oxygen atoms in total. The van der Waals surface area contributed by atoms with Gasteiger partial charge < -0.3 is 16.0 Å². The van der Waals surface area contributed by atoms with E-state index in [2.05, 4.69) is 15.3 Å².